The molecule has 0 aromatic heterocycles. The van der Waals surface area contributed by atoms with E-state index in [1.54, 1.807) is 0 Å². The van der Waals surface area contributed by atoms with Crippen LogP contribution >= 0.6 is 0 Å². The lowest BCUT2D eigenvalue weighted by molar-refractivity contribution is 0.169. The third-order valence-electron chi connectivity index (χ3n) is 4.16. The predicted octanol–water partition coefficient (Wildman–Crippen LogP) is 2.56. The van der Waals surface area contributed by atoms with Crippen LogP contribution in [-0.2, 0) is 13.0 Å². The summed E-state index contributed by atoms with van der Waals surface area (Å²) in [4.78, 5) is 0. The Balaban J connectivity index is 1.32. The first-order valence-corrected chi connectivity index (χ1v) is 8.37. The molecule has 0 spiro atoms. The van der Waals surface area contributed by atoms with Crippen molar-refractivity contribution in [2.75, 3.05) is 33.0 Å². The molecule has 2 aromatic carbocycles. The SMILES string of the molecule is c1cc(CNCCc2ccc3c(c2)OCCO3)c2c(c1)OCCO2. The number of hydrogen-bond acceptors (Lipinski definition) is 5. The maximum Gasteiger partial charge on any atom is 0.165 e. The van der Waals surface area contributed by atoms with Gasteiger partial charge in [0.2, 0.25) is 0 Å². The molecule has 0 unspecified atom stereocenters. The van der Waals surface area contributed by atoms with Gasteiger partial charge in [0.25, 0.3) is 0 Å². The smallest absolute Gasteiger partial charge is 0.165 e. The highest BCUT2D eigenvalue weighted by molar-refractivity contribution is 5.47. The number of nitrogens with one attached hydrogen (secondary N) is 1. The number of ether oxygens (including phenoxy) is 4. The number of fused-ring (bicyclic) bond motifs is 2. The minimum atomic E-state index is 0.612. The molecule has 2 heterocycles. The van der Waals surface area contributed by atoms with E-state index in [4.69, 9.17) is 18.9 Å². The van der Waals surface area contributed by atoms with Gasteiger partial charge in [-0.1, -0.05) is 18.2 Å². The average Bonchev–Trinajstić information content (AvgIpc) is 2.65. The van der Waals surface area contributed by atoms with Crippen molar-refractivity contribution in [2.45, 2.75) is 13.0 Å². The van der Waals surface area contributed by atoms with Crippen LogP contribution in [0, 0.1) is 0 Å². The van der Waals surface area contributed by atoms with Crippen molar-refractivity contribution < 1.29 is 18.9 Å². The van der Waals surface area contributed by atoms with Crippen LogP contribution in [0.15, 0.2) is 36.4 Å². The number of rotatable bonds is 5. The van der Waals surface area contributed by atoms with Crippen molar-refractivity contribution in [1.29, 1.82) is 0 Å². The molecule has 0 bridgehead atoms. The van der Waals surface area contributed by atoms with Gasteiger partial charge in [0.05, 0.1) is 0 Å². The van der Waals surface area contributed by atoms with E-state index in [2.05, 4.69) is 23.5 Å². The largest absolute Gasteiger partial charge is 0.486 e. The highest BCUT2D eigenvalue weighted by Crippen LogP contribution is 2.33. The molecule has 1 N–H and O–H groups in total. The highest BCUT2D eigenvalue weighted by Gasteiger charge is 2.15. The fraction of sp³-hybridized carbons (Fsp3) is 0.368. The molecule has 5 nitrogen and oxygen atoms in total. The van der Waals surface area contributed by atoms with Gasteiger partial charge in [-0.15, -0.1) is 0 Å². The lowest BCUT2D eigenvalue weighted by Crippen LogP contribution is -2.20. The van der Waals surface area contributed by atoms with Gasteiger partial charge >= 0.3 is 0 Å². The maximum atomic E-state index is 5.74. The van der Waals surface area contributed by atoms with E-state index < -0.39 is 0 Å². The molecule has 0 fully saturated rings. The number of para-hydroxylation sites is 1. The lowest BCUT2D eigenvalue weighted by atomic mass is 10.1. The first kappa shape index (κ1) is 15.1. The van der Waals surface area contributed by atoms with Crippen molar-refractivity contribution in [1.82, 2.24) is 5.32 Å². The normalized spacial score (nSPS) is 15.2. The summed E-state index contributed by atoms with van der Waals surface area (Å²) in [5.41, 5.74) is 2.37. The Labute approximate surface area is 141 Å². The van der Waals surface area contributed by atoms with Crippen LogP contribution in [0.4, 0.5) is 0 Å². The lowest BCUT2D eigenvalue weighted by Gasteiger charge is -2.21. The molecule has 2 aliphatic heterocycles. The molecule has 2 aliphatic rings. The zero-order valence-corrected chi connectivity index (χ0v) is 13.5. The van der Waals surface area contributed by atoms with Gasteiger partial charge in [0.15, 0.2) is 23.0 Å². The summed E-state index contributed by atoms with van der Waals surface area (Å²) in [6.45, 7) is 4.12. The van der Waals surface area contributed by atoms with Crippen LogP contribution in [0.3, 0.4) is 0 Å². The Kier molecular flexibility index (Phi) is 4.42. The zero-order valence-electron chi connectivity index (χ0n) is 13.5. The number of benzene rings is 2. The van der Waals surface area contributed by atoms with Crippen molar-refractivity contribution in [3.8, 4) is 23.0 Å². The molecule has 0 saturated heterocycles. The second-order valence-electron chi connectivity index (χ2n) is 5.85. The van der Waals surface area contributed by atoms with E-state index in [1.807, 2.05) is 18.2 Å². The molecule has 4 rings (SSSR count). The molecule has 0 radical (unpaired) electrons. The average molecular weight is 327 g/mol. The van der Waals surface area contributed by atoms with Crippen LogP contribution in [0.1, 0.15) is 11.1 Å². The fourth-order valence-corrected chi connectivity index (χ4v) is 2.97. The van der Waals surface area contributed by atoms with Gasteiger partial charge in [-0.2, -0.15) is 0 Å². The van der Waals surface area contributed by atoms with Gasteiger partial charge in [-0.05, 0) is 36.7 Å². The van der Waals surface area contributed by atoms with E-state index in [0.29, 0.717) is 26.4 Å². The van der Waals surface area contributed by atoms with Crippen LogP contribution in [0.5, 0.6) is 23.0 Å². The predicted molar refractivity (Wildman–Crippen MR) is 90.3 cm³/mol. The van der Waals surface area contributed by atoms with Crippen LogP contribution in [0.2, 0.25) is 0 Å². The van der Waals surface area contributed by atoms with Crippen molar-refractivity contribution in [3.63, 3.8) is 0 Å². The zero-order chi connectivity index (χ0) is 16.2. The Morgan fingerprint density at radius 3 is 2.50 bits per heavy atom. The molecule has 2 aromatic rings. The first-order valence-electron chi connectivity index (χ1n) is 8.37. The van der Waals surface area contributed by atoms with Crippen molar-refractivity contribution in [2.24, 2.45) is 0 Å². The summed E-state index contributed by atoms with van der Waals surface area (Å²) in [6.07, 6.45) is 0.934. The van der Waals surface area contributed by atoms with Crippen LogP contribution in [0.25, 0.3) is 0 Å². The van der Waals surface area contributed by atoms with E-state index in [0.717, 1.165) is 48.1 Å². The minimum Gasteiger partial charge on any atom is -0.486 e. The second kappa shape index (κ2) is 7.01. The van der Waals surface area contributed by atoms with E-state index in [9.17, 15) is 0 Å². The third-order valence-corrected chi connectivity index (χ3v) is 4.16. The Morgan fingerprint density at radius 2 is 1.58 bits per heavy atom. The molecule has 0 aliphatic carbocycles. The van der Waals surface area contributed by atoms with Crippen molar-refractivity contribution in [3.05, 3.63) is 47.5 Å². The van der Waals surface area contributed by atoms with Crippen molar-refractivity contribution >= 4 is 0 Å². The summed E-state index contributed by atoms with van der Waals surface area (Å²) in [5, 5.41) is 3.47. The Hall–Kier alpha value is -2.40. The second-order valence-corrected chi connectivity index (χ2v) is 5.85. The van der Waals surface area contributed by atoms with Gasteiger partial charge in [0.1, 0.15) is 26.4 Å². The molecular weight excluding hydrogens is 306 g/mol. The first-order chi connectivity index (χ1) is 11.9. The van der Waals surface area contributed by atoms with Gasteiger partial charge in [0, 0.05) is 12.1 Å². The maximum absolute atomic E-state index is 5.74. The molecule has 126 valence electrons. The Morgan fingerprint density at radius 1 is 0.792 bits per heavy atom. The quantitative estimate of drug-likeness (QED) is 0.856. The van der Waals surface area contributed by atoms with E-state index >= 15 is 0 Å². The van der Waals surface area contributed by atoms with Crippen LogP contribution in [-0.4, -0.2) is 33.0 Å². The molecule has 24 heavy (non-hydrogen) atoms. The molecule has 0 saturated carbocycles. The Bertz CT molecular complexity index is 717. The van der Waals surface area contributed by atoms with E-state index in [-0.39, 0.29) is 0 Å². The fourth-order valence-electron chi connectivity index (χ4n) is 2.97. The molecule has 5 heteroatoms. The molecule has 0 amide bonds. The summed E-state index contributed by atoms with van der Waals surface area (Å²) >= 11 is 0. The molecular formula is C19H21NO4. The highest BCUT2D eigenvalue weighted by atomic mass is 16.6. The monoisotopic (exact) mass is 327 g/mol. The van der Waals surface area contributed by atoms with Gasteiger partial charge < -0.3 is 24.3 Å². The summed E-state index contributed by atoms with van der Waals surface area (Å²) in [5.74, 6) is 3.40. The summed E-state index contributed by atoms with van der Waals surface area (Å²) < 4.78 is 22.5. The van der Waals surface area contributed by atoms with Crippen LogP contribution < -0.4 is 24.3 Å². The van der Waals surface area contributed by atoms with Gasteiger partial charge in [-0.25, -0.2) is 0 Å². The summed E-state index contributed by atoms with van der Waals surface area (Å²) in [6, 6.07) is 12.2. The standard InChI is InChI=1S/C19H21NO4/c1-2-15(19-17(3-1)22-10-11-24-19)13-20-7-6-14-4-5-16-18(12-14)23-9-8-21-16/h1-5,12,20H,6-11,13H2. The third kappa shape index (κ3) is 3.26. The topological polar surface area (TPSA) is 49.0 Å². The number of hydrogen-bond donors (Lipinski definition) is 1. The van der Waals surface area contributed by atoms with E-state index in [1.165, 1.54) is 5.56 Å². The molecule has 0 atom stereocenters. The minimum absolute atomic E-state index is 0.612. The van der Waals surface area contributed by atoms with Gasteiger partial charge in [-0.3, -0.25) is 0 Å². The summed E-state index contributed by atoms with van der Waals surface area (Å²) in [7, 11) is 0.